The summed E-state index contributed by atoms with van der Waals surface area (Å²) < 4.78 is 5.53. The van der Waals surface area contributed by atoms with Crippen LogP contribution in [0.2, 0.25) is 0 Å². The van der Waals surface area contributed by atoms with Crippen LogP contribution in [0.25, 0.3) is 0 Å². The van der Waals surface area contributed by atoms with Crippen molar-refractivity contribution < 1.29 is 14.3 Å². The van der Waals surface area contributed by atoms with Gasteiger partial charge in [-0.05, 0) is 90.8 Å². The van der Waals surface area contributed by atoms with Crippen molar-refractivity contribution in [1.29, 1.82) is 5.26 Å². The number of nitriles is 1. The lowest BCUT2D eigenvalue weighted by molar-refractivity contribution is -0.207. The average molecular weight is 521 g/mol. The van der Waals surface area contributed by atoms with E-state index in [1.165, 1.54) is 5.71 Å². The van der Waals surface area contributed by atoms with E-state index >= 15 is 0 Å². The first kappa shape index (κ1) is 27.6. The molecule has 2 unspecified atom stereocenters. The average Bonchev–Trinajstić information content (AvgIpc) is 2.85. The van der Waals surface area contributed by atoms with Gasteiger partial charge in [-0.25, -0.2) is 0 Å². The largest absolute Gasteiger partial charge is 0.469 e. The molecule has 0 aliphatic heterocycles. The number of nitrogens with zero attached hydrogens (tertiary/aromatic N) is 2. The molecule has 38 heavy (non-hydrogen) atoms. The molecule has 5 aliphatic carbocycles. The van der Waals surface area contributed by atoms with E-state index < -0.39 is 10.8 Å². The minimum absolute atomic E-state index is 0.000299. The molecule has 0 aromatic carbocycles. The van der Waals surface area contributed by atoms with Crippen LogP contribution in [-0.2, 0) is 14.3 Å². The second-order valence-corrected chi connectivity index (χ2v) is 15.6. The minimum atomic E-state index is -0.558. The van der Waals surface area contributed by atoms with Crippen LogP contribution >= 0.6 is 0 Å². The summed E-state index contributed by atoms with van der Waals surface area (Å²) >= 11 is 0. The standard InChI is InChI=1S/C33H48N2O3/c1-28(2)12-14-33(27(37)38-9)15-13-32(7)25(21(33)18-28)22(35-8)16-24-30(5)17-20(19-34)26(36)29(3,4)23(30)10-11-31(24,32)6/h17,21,23-25H,10-16,18H2,1-9H3/b35-22+/t21?,23-,24+,25?,30-,31+,32+,33-/m0/s1. The van der Waals surface area contributed by atoms with Gasteiger partial charge in [-0.2, -0.15) is 5.26 Å². The van der Waals surface area contributed by atoms with Gasteiger partial charge in [0.25, 0.3) is 0 Å². The zero-order valence-corrected chi connectivity index (χ0v) is 25.2. The molecule has 0 amide bonds. The van der Waals surface area contributed by atoms with Crippen LogP contribution in [0.5, 0.6) is 0 Å². The Hall–Kier alpha value is -1.96. The predicted molar refractivity (Wildman–Crippen MR) is 149 cm³/mol. The van der Waals surface area contributed by atoms with Gasteiger partial charge < -0.3 is 4.74 Å². The lowest BCUT2D eigenvalue weighted by Crippen LogP contribution is -2.69. The topological polar surface area (TPSA) is 79.5 Å². The molecule has 4 fully saturated rings. The summed E-state index contributed by atoms with van der Waals surface area (Å²) in [4.78, 5) is 31.9. The van der Waals surface area contributed by atoms with Crippen molar-refractivity contribution >= 4 is 17.5 Å². The number of allylic oxidation sites excluding steroid dienone is 2. The summed E-state index contributed by atoms with van der Waals surface area (Å²) in [5, 5.41) is 9.97. The number of Topliss-reactive ketones (excluding diaryl/α,β-unsaturated/α-hetero) is 1. The molecule has 5 heteroatoms. The Morgan fingerprint density at radius 1 is 1.00 bits per heavy atom. The van der Waals surface area contributed by atoms with E-state index in [0.717, 1.165) is 51.4 Å². The van der Waals surface area contributed by atoms with Crippen LogP contribution in [0.15, 0.2) is 16.6 Å². The molecule has 0 N–H and O–H groups in total. The second kappa shape index (κ2) is 8.28. The summed E-state index contributed by atoms with van der Waals surface area (Å²) in [5.41, 5.74) is 0.492. The Kier molecular flexibility index (Phi) is 6.01. The Morgan fingerprint density at radius 3 is 2.26 bits per heavy atom. The molecule has 0 radical (unpaired) electrons. The van der Waals surface area contributed by atoms with Gasteiger partial charge in [-0.3, -0.25) is 14.6 Å². The predicted octanol–water partition coefficient (Wildman–Crippen LogP) is 6.96. The van der Waals surface area contributed by atoms with Gasteiger partial charge >= 0.3 is 5.97 Å². The van der Waals surface area contributed by atoms with Gasteiger partial charge in [-0.1, -0.05) is 54.5 Å². The van der Waals surface area contributed by atoms with Crippen LogP contribution < -0.4 is 0 Å². The molecule has 5 nitrogen and oxygen atoms in total. The summed E-state index contributed by atoms with van der Waals surface area (Å²) in [5.74, 6) is 0.912. The van der Waals surface area contributed by atoms with Crippen LogP contribution in [0.3, 0.4) is 0 Å². The second-order valence-electron chi connectivity index (χ2n) is 15.6. The molecule has 0 aromatic rings. The van der Waals surface area contributed by atoms with Crippen molar-refractivity contribution in [3.63, 3.8) is 0 Å². The summed E-state index contributed by atoms with van der Waals surface area (Å²) in [6, 6.07) is 2.27. The van der Waals surface area contributed by atoms with E-state index in [0.29, 0.717) is 5.57 Å². The number of esters is 1. The van der Waals surface area contributed by atoms with Crippen LogP contribution in [-0.4, -0.2) is 31.6 Å². The maximum absolute atomic E-state index is 13.5. The molecule has 0 heterocycles. The molecule has 0 bridgehead atoms. The third-order valence-electron chi connectivity index (χ3n) is 13.4. The third-order valence-corrected chi connectivity index (χ3v) is 13.4. The number of ether oxygens (including phenoxy) is 1. The first-order valence-electron chi connectivity index (χ1n) is 14.8. The number of rotatable bonds is 1. The smallest absolute Gasteiger partial charge is 0.312 e. The van der Waals surface area contributed by atoms with Gasteiger partial charge in [0.05, 0.1) is 18.1 Å². The van der Waals surface area contributed by atoms with Crippen molar-refractivity contribution in [3.05, 3.63) is 11.6 Å². The number of carbonyl (C=O) groups excluding carboxylic acids is 2. The third kappa shape index (κ3) is 3.24. The molecule has 0 aromatic heterocycles. The lowest BCUT2D eigenvalue weighted by atomic mass is 9.31. The first-order valence-corrected chi connectivity index (χ1v) is 14.8. The van der Waals surface area contributed by atoms with E-state index in [1.807, 2.05) is 7.05 Å². The maximum atomic E-state index is 13.5. The highest BCUT2D eigenvalue weighted by molar-refractivity contribution is 6.04. The van der Waals surface area contributed by atoms with Crippen molar-refractivity contribution in [3.8, 4) is 6.07 Å². The Bertz CT molecular complexity index is 1170. The van der Waals surface area contributed by atoms with Gasteiger partial charge in [0, 0.05) is 24.1 Å². The van der Waals surface area contributed by atoms with Crippen LogP contribution in [0.4, 0.5) is 0 Å². The molecule has 208 valence electrons. The number of ketones is 1. The first-order chi connectivity index (χ1) is 17.6. The minimum Gasteiger partial charge on any atom is -0.469 e. The molecular weight excluding hydrogens is 472 g/mol. The Balaban J connectivity index is 1.68. The number of aliphatic imine (C=N–C) groups is 1. The van der Waals surface area contributed by atoms with E-state index in [-0.39, 0.29) is 57.1 Å². The molecule has 0 saturated heterocycles. The number of carbonyl (C=O) groups is 2. The Morgan fingerprint density at radius 2 is 1.66 bits per heavy atom. The zero-order chi connectivity index (χ0) is 28.1. The van der Waals surface area contributed by atoms with Crippen molar-refractivity contribution in [1.82, 2.24) is 0 Å². The molecule has 4 saturated carbocycles. The normalized spacial score (nSPS) is 47.9. The number of hydrogen-bond donors (Lipinski definition) is 0. The summed E-state index contributed by atoms with van der Waals surface area (Å²) in [6.07, 6.45) is 9.79. The number of fused-ring (bicyclic) bond motifs is 7. The van der Waals surface area contributed by atoms with Crippen molar-refractivity contribution in [2.75, 3.05) is 14.2 Å². The van der Waals surface area contributed by atoms with Crippen LogP contribution in [0, 0.1) is 67.5 Å². The highest BCUT2D eigenvalue weighted by Gasteiger charge is 2.72. The highest BCUT2D eigenvalue weighted by Crippen LogP contribution is 2.76. The fourth-order valence-electron chi connectivity index (χ4n) is 11.1. The molecule has 8 atom stereocenters. The van der Waals surface area contributed by atoms with Crippen molar-refractivity contribution in [2.24, 2.45) is 61.2 Å². The number of methoxy groups -OCH3 is 1. The van der Waals surface area contributed by atoms with E-state index in [4.69, 9.17) is 9.73 Å². The number of hydrogen-bond acceptors (Lipinski definition) is 5. The van der Waals surface area contributed by atoms with Gasteiger partial charge in [0.2, 0.25) is 0 Å². The zero-order valence-electron chi connectivity index (χ0n) is 25.2. The molecule has 0 spiro atoms. The summed E-state index contributed by atoms with van der Waals surface area (Å²) in [7, 11) is 3.50. The van der Waals surface area contributed by atoms with E-state index in [2.05, 4.69) is 60.6 Å². The highest BCUT2D eigenvalue weighted by atomic mass is 16.5. The van der Waals surface area contributed by atoms with E-state index in [9.17, 15) is 14.9 Å². The van der Waals surface area contributed by atoms with Crippen molar-refractivity contribution in [2.45, 2.75) is 99.8 Å². The fraction of sp³-hybridized carbons (Fsp3) is 0.818. The quantitative estimate of drug-likeness (QED) is 0.350. The molecule has 5 rings (SSSR count). The Labute approximate surface area is 229 Å². The van der Waals surface area contributed by atoms with Gasteiger partial charge in [-0.15, -0.1) is 0 Å². The fourth-order valence-corrected chi connectivity index (χ4v) is 11.1. The van der Waals surface area contributed by atoms with E-state index in [1.54, 1.807) is 7.11 Å². The molecular formula is C33H48N2O3. The summed E-state index contributed by atoms with van der Waals surface area (Å²) in [6.45, 7) is 16.2. The lowest BCUT2D eigenvalue weighted by Gasteiger charge is -2.72. The SMILES string of the molecule is C/N=C1\C[C@@H]2[C@@]3(C)C=C(C#N)C(=O)C(C)(C)[C@@H]3CC[C@@]2(C)[C@]2(C)CC[C@@]3(C(=O)OC)CCC(C)(C)CC3C12. The monoisotopic (exact) mass is 520 g/mol. The molecule has 5 aliphatic rings. The van der Waals surface area contributed by atoms with Gasteiger partial charge in [0.1, 0.15) is 6.07 Å². The maximum Gasteiger partial charge on any atom is 0.312 e. The van der Waals surface area contributed by atoms with Crippen LogP contribution in [0.1, 0.15) is 99.8 Å². The van der Waals surface area contributed by atoms with Gasteiger partial charge in [0.15, 0.2) is 5.78 Å².